The standard InChI is InChI=1S/C18H21N3O3.ClH/c1-11(20-18(23)16-6-3-9-24-16)17(22)21-15-5-2-4-12-10-13(19)7-8-14(12)15;/h3,6-11,15H,2,4-5,19H2,1H3,(H,20,23)(H,21,22);1H. The van der Waals surface area contributed by atoms with Crippen LogP contribution < -0.4 is 16.4 Å². The number of carbonyl (C=O) groups is 2. The maximum atomic E-state index is 12.4. The minimum absolute atomic E-state index is 0. The summed E-state index contributed by atoms with van der Waals surface area (Å²) in [5.41, 5.74) is 8.85. The van der Waals surface area contributed by atoms with Gasteiger partial charge in [0.05, 0.1) is 12.3 Å². The minimum atomic E-state index is -0.651. The molecule has 134 valence electrons. The molecule has 0 bridgehead atoms. The fourth-order valence-electron chi connectivity index (χ4n) is 3.02. The van der Waals surface area contributed by atoms with E-state index in [1.54, 1.807) is 19.1 Å². The molecule has 0 saturated carbocycles. The lowest BCUT2D eigenvalue weighted by Gasteiger charge is -2.28. The highest BCUT2D eigenvalue weighted by atomic mass is 35.5. The number of hydrogen-bond donors (Lipinski definition) is 3. The van der Waals surface area contributed by atoms with Crippen LogP contribution in [-0.4, -0.2) is 17.9 Å². The van der Waals surface area contributed by atoms with Crippen LogP contribution in [0.1, 0.15) is 47.5 Å². The van der Waals surface area contributed by atoms with Crippen molar-refractivity contribution in [3.63, 3.8) is 0 Å². The lowest BCUT2D eigenvalue weighted by molar-refractivity contribution is -0.123. The second-order valence-electron chi connectivity index (χ2n) is 6.08. The van der Waals surface area contributed by atoms with Crippen LogP contribution in [-0.2, 0) is 11.2 Å². The molecule has 0 aliphatic heterocycles. The predicted octanol–water partition coefficient (Wildman–Crippen LogP) is 2.60. The van der Waals surface area contributed by atoms with Crippen LogP contribution in [0.2, 0.25) is 0 Å². The molecule has 0 saturated heterocycles. The molecule has 7 heteroatoms. The van der Waals surface area contributed by atoms with Gasteiger partial charge >= 0.3 is 0 Å². The molecular weight excluding hydrogens is 342 g/mol. The van der Waals surface area contributed by atoms with Gasteiger partial charge in [-0.3, -0.25) is 9.59 Å². The Labute approximate surface area is 152 Å². The molecule has 2 atom stereocenters. The number of amides is 2. The summed E-state index contributed by atoms with van der Waals surface area (Å²) < 4.78 is 5.03. The number of anilines is 1. The molecule has 2 amide bonds. The van der Waals surface area contributed by atoms with Gasteiger partial charge in [-0.25, -0.2) is 0 Å². The number of hydrogen-bond acceptors (Lipinski definition) is 4. The summed E-state index contributed by atoms with van der Waals surface area (Å²) in [6.07, 6.45) is 4.26. The van der Waals surface area contributed by atoms with E-state index in [-0.39, 0.29) is 30.1 Å². The van der Waals surface area contributed by atoms with Crippen molar-refractivity contribution in [1.29, 1.82) is 0 Å². The zero-order valence-electron chi connectivity index (χ0n) is 14.0. The quantitative estimate of drug-likeness (QED) is 0.727. The van der Waals surface area contributed by atoms with Crippen molar-refractivity contribution in [3.8, 4) is 0 Å². The maximum absolute atomic E-state index is 12.4. The number of carbonyl (C=O) groups excluding carboxylic acids is 2. The molecule has 0 fully saturated rings. The normalized spacial score (nSPS) is 16.9. The lowest BCUT2D eigenvalue weighted by atomic mass is 9.87. The molecule has 1 aromatic carbocycles. The van der Waals surface area contributed by atoms with E-state index in [9.17, 15) is 9.59 Å². The Morgan fingerprint density at radius 3 is 2.84 bits per heavy atom. The third kappa shape index (κ3) is 4.33. The number of benzene rings is 1. The number of nitrogens with two attached hydrogens (primary N) is 1. The summed E-state index contributed by atoms with van der Waals surface area (Å²) >= 11 is 0. The van der Waals surface area contributed by atoms with E-state index >= 15 is 0 Å². The predicted molar refractivity (Wildman–Crippen MR) is 97.6 cm³/mol. The fourth-order valence-corrected chi connectivity index (χ4v) is 3.02. The first kappa shape index (κ1) is 18.9. The minimum Gasteiger partial charge on any atom is -0.459 e. The first-order valence-electron chi connectivity index (χ1n) is 8.07. The first-order chi connectivity index (χ1) is 11.5. The third-order valence-electron chi connectivity index (χ3n) is 4.28. The second-order valence-corrected chi connectivity index (χ2v) is 6.08. The fraction of sp³-hybridized carbons (Fsp3) is 0.333. The molecule has 25 heavy (non-hydrogen) atoms. The van der Waals surface area contributed by atoms with E-state index in [4.69, 9.17) is 10.2 Å². The van der Waals surface area contributed by atoms with Crippen molar-refractivity contribution < 1.29 is 14.0 Å². The largest absolute Gasteiger partial charge is 0.459 e. The average Bonchev–Trinajstić information content (AvgIpc) is 3.09. The Kier molecular flexibility index (Phi) is 6.09. The Balaban J connectivity index is 0.00000225. The SMILES string of the molecule is CC(NC(=O)c1ccco1)C(=O)NC1CCCc2cc(N)ccc21.Cl. The van der Waals surface area contributed by atoms with Gasteiger partial charge in [-0.2, -0.15) is 0 Å². The summed E-state index contributed by atoms with van der Waals surface area (Å²) in [5, 5.41) is 5.66. The maximum Gasteiger partial charge on any atom is 0.287 e. The Morgan fingerprint density at radius 1 is 1.32 bits per heavy atom. The number of fused-ring (bicyclic) bond motifs is 1. The van der Waals surface area contributed by atoms with Gasteiger partial charge in [0.2, 0.25) is 5.91 Å². The van der Waals surface area contributed by atoms with Crippen LogP contribution in [0.3, 0.4) is 0 Å². The van der Waals surface area contributed by atoms with Crippen LogP contribution >= 0.6 is 12.4 Å². The first-order valence-corrected chi connectivity index (χ1v) is 8.07. The zero-order valence-corrected chi connectivity index (χ0v) is 14.8. The van der Waals surface area contributed by atoms with Crippen molar-refractivity contribution in [1.82, 2.24) is 10.6 Å². The van der Waals surface area contributed by atoms with E-state index < -0.39 is 11.9 Å². The van der Waals surface area contributed by atoms with Gasteiger partial charge in [-0.05, 0) is 61.6 Å². The summed E-state index contributed by atoms with van der Waals surface area (Å²) in [7, 11) is 0. The van der Waals surface area contributed by atoms with Gasteiger partial charge < -0.3 is 20.8 Å². The van der Waals surface area contributed by atoms with Gasteiger partial charge in [0, 0.05) is 5.69 Å². The highest BCUT2D eigenvalue weighted by Crippen LogP contribution is 2.30. The van der Waals surface area contributed by atoms with Gasteiger partial charge in [0.1, 0.15) is 6.04 Å². The molecule has 0 radical (unpaired) electrons. The summed E-state index contributed by atoms with van der Waals surface area (Å²) in [6, 6.07) is 8.28. The summed E-state index contributed by atoms with van der Waals surface area (Å²) in [6.45, 7) is 1.66. The van der Waals surface area contributed by atoms with Crippen LogP contribution in [0.5, 0.6) is 0 Å². The molecule has 1 aliphatic rings. The number of aryl methyl sites for hydroxylation is 1. The molecule has 0 spiro atoms. The van der Waals surface area contributed by atoms with E-state index in [1.807, 2.05) is 18.2 Å². The molecule has 4 N–H and O–H groups in total. The zero-order chi connectivity index (χ0) is 17.1. The molecular formula is C18H22ClN3O3. The molecule has 3 rings (SSSR count). The number of furan rings is 1. The highest BCUT2D eigenvalue weighted by molar-refractivity contribution is 5.95. The monoisotopic (exact) mass is 363 g/mol. The molecule has 1 heterocycles. The number of halogens is 1. The third-order valence-corrected chi connectivity index (χ3v) is 4.28. The van der Waals surface area contributed by atoms with Gasteiger partial charge in [-0.15, -0.1) is 12.4 Å². The smallest absolute Gasteiger partial charge is 0.287 e. The highest BCUT2D eigenvalue weighted by Gasteiger charge is 2.25. The van der Waals surface area contributed by atoms with Crippen molar-refractivity contribution in [2.45, 2.75) is 38.3 Å². The summed E-state index contributed by atoms with van der Waals surface area (Å²) in [5.74, 6) is -0.433. The van der Waals surface area contributed by atoms with Crippen LogP contribution in [0.4, 0.5) is 5.69 Å². The molecule has 1 aliphatic carbocycles. The lowest BCUT2D eigenvalue weighted by Crippen LogP contribution is -2.46. The van der Waals surface area contributed by atoms with Crippen LogP contribution in [0.25, 0.3) is 0 Å². The molecule has 6 nitrogen and oxygen atoms in total. The molecule has 2 unspecified atom stereocenters. The van der Waals surface area contributed by atoms with Crippen molar-refractivity contribution in [3.05, 3.63) is 53.5 Å². The van der Waals surface area contributed by atoms with E-state index in [1.165, 1.54) is 11.8 Å². The average molecular weight is 364 g/mol. The summed E-state index contributed by atoms with van der Waals surface area (Å²) in [4.78, 5) is 24.4. The van der Waals surface area contributed by atoms with Crippen LogP contribution in [0.15, 0.2) is 41.0 Å². The topological polar surface area (TPSA) is 97.4 Å². The number of rotatable bonds is 4. The van der Waals surface area contributed by atoms with E-state index in [0.717, 1.165) is 30.5 Å². The van der Waals surface area contributed by atoms with Gasteiger partial charge in [-0.1, -0.05) is 6.07 Å². The van der Waals surface area contributed by atoms with Gasteiger partial charge in [0.15, 0.2) is 5.76 Å². The van der Waals surface area contributed by atoms with Crippen molar-refractivity contribution >= 4 is 29.9 Å². The van der Waals surface area contributed by atoms with Crippen LogP contribution in [0, 0.1) is 0 Å². The Hall–Kier alpha value is -2.47. The van der Waals surface area contributed by atoms with Crippen molar-refractivity contribution in [2.75, 3.05) is 5.73 Å². The Bertz CT molecular complexity index is 746. The van der Waals surface area contributed by atoms with E-state index in [2.05, 4.69) is 10.6 Å². The Morgan fingerprint density at radius 2 is 2.12 bits per heavy atom. The van der Waals surface area contributed by atoms with Gasteiger partial charge in [0.25, 0.3) is 5.91 Å². The molecule has 2 aromatic rings. The van der Waals surface area contributed by atoms with E-state index in [0.29, 0.717) is 0 Å². The molecule has 1 aromatic heterocycles. The van der Waals surface area contributed by atoms with Crippen molar-refractivity contribution in [2.24, 2.45) is 0 Å². The number of nitrogens with one attached hydrogen (secondary N) is 2. The second kappa shape index (κ2) is 8.07. The number of nitrogen functional groups attached to an aromatic ring is 1.